The Bertz CT molecular complexity index is 544. The Morgan fingerprint density at radius 1 is 1.41 bits per heavy atom. The van der Waals surface area contributed by atoms with Gasteiger partial charge in [-0.3, -0.25) is 0 Å². The minimum Gasteiger partial charge on any atom is -0.472 e. The van der Waals surface area contributed by atoms with Gasteiger partial charge in [-0.15, -0.1) is 0 Å². The first kappa shape index (κ1) is 15.6. The van der Waals surface area contributed by atoms with E-state index in [0.29, 0.717) is 11.8 Å². The molecule has 1 aromatic rings. The van der Waals surface area contributed by atoms with Crippen molar-refractivity contribution in [2.24, 2.45) is 22.7 Å². The highest BCUT2D eigenvalue weighted by molar-refractivity contribution is 5.60. The molecule has 2 saturated carbocycles. The van der Waals surface area contributed by atoms with Crippen LogP contribution < -0.4 is 0 Å². The normalized spacial score (nSPS) is 38.5. The number of furan rings is 1. The van der Waals surface area contributed by atoms with Crippen molar-refractivity contribution >= 4 is 6.29 Å². The van der Waals surface area contributed by atoms with Gasteiger partial charge in [0, 0.05) is 5.41 Å². The van der Waals surface area contributed by atoms with Crippen LogP contribution in [0.25, 0.3) is 0 Å². The largest absolute Gasteiger partial charge is 0.472 e. The van der Waals surface area contributed by atoms with E-state index >= 15 is 0 Å². The van der Waals surface area contributed by atoms with E-state index in [9.17, 15) is 4.79 Å². The molecule has 1 heterocycles. The molecule has 0 saturated heterocycles. The van der Waals surface area contributed by atoms with E-state index in [1.54, 1.807) is 6.26 Å². The van der Waals surface area contributed by atoms with E-state index in [2.05, 4.69) is 26.5 Å². The van der Waals surface area contributed by atoms with Crippen molar-refractivity contribution in [1.29, 1.82) is 0 Å². The van der Waals surface area contributed by atoms with Crippen molar-refractivity contribution in [2.45, 2.75) is 58.8 Å². The molecule has 22 heavy (non-hydrogen) atoms. The number of carbonyl (C=O) groups is 1. The molecule has 0 N–H and O–H groups in total. The summed E-state index contributed by atoms with van der Waals surface area (Å²) in [6, 6.07) is 2.06. The zero-order chi connectivity index (χ0) is 15.8. The predicted molar refractivity (Wildman–Crippen MR) is 88.5 cm³/mol. The molecular weight excluding hydrogens is 272 g/mol. The van der Waals surface area contributed by atoms with Crippen LogP contribution in [0, 0.1) is 22.7 Å². The summed E-state index contributed by atoms with van der Waals surface area (Å²) >= 11 is 0. The number of aldehydes is 1. The first-order chi connectivity index (χ1) is 10.5. The quantitative estimate of drug-likeness (QED) is 0.566. The summed E-state index contributed by atoms with van der Waals surface area (Å²) in [7, 11) is 0. The van der Waals surface area contributed by atoms with Crippen LogP contribution in [0.2, 0.25) is 0 Å². The minimum absolute atomic E-state index is 0.137. The molecule has 2 nitrogen and oxygen atoms in total. The first-order valence-corrected chi connectivity index (χ1v) is 8.65. The summed E-state index contributed by atoms with van der Waals surface area (Å²) in [5.74, 6) is 1.03. The van der Waals surface area contributed by atoms with Gasteiger partial charge in [-0.25, -0.2) is 0 Å². The second kappa shape index (κ2) is 5.72. The van der Waals surface area contributed by atoms with E-state index < -0.39 is 0 Å². The van der Waals surface area contributed by atoms with E-state index in [1.165, 1.54) is 23.8 Å². The number of rotatable bonds is 4. The van der Waals surface area contributed by atoms with Crippen LogP contribution in [-0.2, 0) is 11.2 Å². The van der Waals surface area contributed by atoms with Crippen molar-refractivity contribution in [2.75, 3.05) is 0 Å². The van der Waals surface area contributed by atoms with Gasteiger partial charge in [0.05, 0.1) is 12.5 Å². The van der Waals surface area contributed by atoms with Crippen LogP contribution in [0.1, 0.15) is 57.9 Å². The van der Waals surface area contributed by atoms with Gasteiger partial charge < -0.3 is 9.21 Å². The standard InChI is InChI=1S/C20H28O2/c1-15-5-8-18-19(2,14-21)10-4-11-20(18,3)17(15)7-6-16-9-12-22-13-16/h9,12-14,17-18H,1,4-8,10-11H2,2-3H3/t17-,18?,19+,20+/m1/s1. The molecule has 0 aromatic carbocycles. The molecule has 2 aliphatic rings. The second-order valence-electron chi connectivity index (χ2n) is 7.96. The Kier molecular flexibility index (Phi) is 4.05. The maximum Gasteiger partial charge on any atom is 0.126 e. The lowest BCUT2D eigenvalue weighted by molar-refractivity contribution is -0.130. The lowest BCUT2D eigenvalue weighted by Crippen LogP contribution is -2.51. The zero-order valence-electron chi connectivity index (χ0n) is 13.9. The van der Waals surface area contributed by atoms with Crippen molar-refractivity contribution in [3.8, 4) is 0 Å². The Balaban J connectivity index is 1.84. The van der Waals surface area contributed by atoms with E-state index in [-0.39, 0.29) is 10.8 Å². The molecule has 2 aliphatic carbocycles. The number of aryl methyl sites for hydroxylation is 1. The number of allylic oxidation sites excluding steroid dienone is 1. The number of fused-ring (bicyclic) bond motifs is 1. The van der Waals surface area contributed by atoms with Gasteiger partial charge in [-0.2, -0.15) is 0 Å². The maximum absolute atomic E-state index is 11.8. The Labute approximate surface area is 134 Å². The molecule has 4 atom stereocenters. The van der Waals surface area contributed by atoms with Crippen molar-refractivity contribution in [3.63, 3.8) is 0 Å². The van der Waals surface area contributed by atoms with Gasteiger partial charge in [-0.05, 0) is 67.4 Å². The van der Waals surface area contributed by atoms with Gasteiger partial charge in [0.15, 0.2) is 0 Å². The zero-order valence-corrected chi connectivity index (χ0v) is 13.9. The summed E-state index contributed by atoms with van der Waals surface area (Å²) in [6.07, 6.45) is 12.7. The van der Waals surface area contributed by atoms with Crippen LogP contribution in [0.3, 0.4) is 0 Å². The highest BCUT2D eigenvalue weighted by Crippen LogP contribution is 2.61. The topological polar surface area (TPSA) is 30.2 Å². The maximum atomic E-state index is 11.8. The fourth-order valence-electron chi connectivity index (χ4n) is 5.42. The van der Waals surface area contributed by atoms with Crippen molar-refractivity contribution in [3.05, 3.63) is 36.3 Å². The summed E-state index contributed by atoms with van der Waals surface area (Å²) in [6.45, 7) is 9.00. The summed E-state index contributed by atoms with van der Waals surface area (Å²) in [5, 5.41) is 0. The molecule has 0 aliphatic heterocycles. The number of hydrogen-bond donors (Lipinski definition) is 0. The molecule has 2 heteroatoms. The Hall–Kier alpha value is -1.31. The highest BCUT2D eigenvalue weighted by Gasteiger charge is 2.54. The van der Waals surface area contributed by atoms with Gasteiger partial charge in [0.2, 0.25) is 0 Å². The molecule has 120 valence electrons. The predicted octanol–water partition coefficient (Wildman–Crippen LogP) is 5.19. The molecule has 1 unspecified atom stereocenters. The van der Waals surface area contributed by atoms with Gasteiger partial charge in [0.1, 0.15) is 6.29 Å². The third kappa shape index (κ3) is 2.47. The van der Waals surface area contributed by atoms with E-state index in [4.69, 9.17) is 4.42 Å². The average molecular weight is 300 g/mol. The Morgan fingerprint density at radius 2 is 2.23 bits per heavy atom. The van der Waals surface area contributed by atoms with E-state index in [1.807, 2.05) is 6.26 Å². The molecule has 2 fully saturated rings. The first-order valence-electron chi connectivity index (χ1n) is 8.65. The summed E-state index contributed by atoms with van der Waals surface area (Å²) in [5.41, 5.74) is 2.76. The lowest BCUT2D eigenvalue weighted by atomic mass is 9.47. The molecule has 0 amide bonds. The smallest absolute Gasteiger partial charge is 0.126 e. The molecule has 3 rings (SSSR count). The SMILES string of the molecule is C=C1CCC2[C@](C)(C=O)CCC[C@@]2(C)[C@@H]1CCc1ccoc1. The second-order valence-corrected chi connectivity index (χ2v) is 7.96. The fourth-order valence-corrected chi connectivity index (χ4v) is 5.42. The number of carbonyl (C=O) groups excluding carboxylic acids is 1. The number of hydrogen-bond acceptors (Lipinski definition) is 2. The van der Waals surface area contributed by atoms with Crippen LogP contribution in [0.15, 0.2) is 35.2 Å². The lowest BCUT2D eigenvalue weighted by Gasteiger charge is -2.57. The van der Waals surface area contributed by atoms with Gasteiger partial charge in [-0.1, -0.05) is 32.4 Å². The molecule has 0 spiro atoms. The molecule has 0 radical (unpaired) electrons. The monoisotopic (exact) mass is 300 g/mol. The molecular formula is C20H28O2. The fraction of sp³-hybridized carbons (Fsp3) is 0.650. The van der Waals surface area contributed by atoms with Crippen LogP contribution >= 0.6 is 0 Å². The van der Waals surface area contributed by atoms with Crippen molar-refractivity contribution in [1.82, 2.24) is 0 Å². The highest BCUT2D eigenvalue weighted by atomic mass is 16.3. The average Bonchev–Trinajstić information content (AvgIpc) is 2.99. The van der Waals surface area contributed by atoms with Gasteiger partial charge >= 0.3 is 0 Å². The van der Waals surface area contributed by atoms with Crippen molar-refractivity contribution < 1.29 is 9.21 Å². The van der Waals surface area contributed by atoms with E-state index in [0.717, 1.165) is 38.5 Å². The molecule has 0 bridgehead atoms. The Morgan fingerprint density at radius 3 is 2.91 bits per heavy atom. The summed E-state index contributed by atoms with van der Waals surface area (Å²) in [4.78, 5) is 11.8. The van der Waals surface area contributed by atoms with Crippen LogP contribution in [0.5, 0.6) is 0 Å². The minimum atomic E-state index is -0.137. The van der Waals surface area contributed by atoms with Gasteiger partial charge in [0.25, 0.3) is 0 Å². The molecule has 1 aromatic heterocycles. The van der Waals surface area contributed by atoms with Crippen LogP contribution in [-0.4, -0.2) is 6.29 Å². The van der Waals surface area contributed by atoms with Crippen LogP contribution in [0.4, 0.5) is 0 Å². The summed E-state index contributed by atoms with van der Waals surface area (Å²) < 4.78 is 5.19. The third-order valence-corrected chi connectivity index (χ3v) is 6.64. The third-order valence-electron chi connectivity index (χ3n) is 6.64.